The monoisotopic (exact) mass is 153 g/mol. The SMILES string of the molecule is [CH2][SH](C)c1ccc(C)cc1. The summed E-state index contributed by atoms with van der Waals surface area (Å²) in [7, 11) is -0.158. The van der Waals surface area contributed by atoms with Crippen LogP contribution in [0.25, 0.3) is 0 Å². The Morgan fingerprint density at radius 1 is 1.20 bits per heavy atom. The summed E-state index contributed by atoms with van der Waals surface area (Å²) in [6.07, 6.45) is 6.17. The van der Waals surface area contributed by atoms with Crippen LogP contribution in [0.5, 0.6) is 0 Å². The van der Waals surface area contributed by atoms with Crippen molar-refractivity contribution in [1.29, 1.82) is 0 Å². The van der Waals surface area contributed by atoms with Gasteiger partial charge in [-0.1, -0.05) is 29.8 Å². The van der Waals surface area contributed by atoms with Crippen LogP contribution in [0.4, 0.5) is 0 Å². The van der Waals surface area contributed by atoms with Gasteiger partial charge in [-0.15, -0.1) is 0 Å². The highest BCUT2D eigenvalue weighted by molar-refractivity contribution is 8.17. The van der Waals surface area contributed by atoms with Crippen LogP contribution >= 0.6 is 10.9 Å². The summed E-state index contributed by atoms with van der Waals surface area (Å²) in [6, 6.07) is 8.60. The zero-order valence-corrected chi connectivity index (χ0v) is 7.36. The Morgan fingerprint density at radius 2 is 1.70 bits per heavy atom. The third-order valence-electron chi connectivity index (χ3n) is 1.47. The highest BCUT2D eigenvalue weighted by Gasteiger charge is 1.91. The maximum Gasteiger partial charge on any atom is -0.0127 e. The minimum atomic E-state index is -0.158. The van der Waals surface area contributed by atoms with E-state index < -0.39 is 0 Å². The Kier molecular flexibility index (Phi) is 2.39. The Morgan fingerprint density at radius 3 is 2.10 bits per heavy atom. The first-order valence-electron chi connectivity index (χ1n) is 3.31. The maximum atomic E-state index is 4.00. The van der Waals surface area contributed by atoms with Gasteiger partial charge in [-0.2, -0.15) is 0 Å². The molecule has 0 aliphatic rings. The van der Waals surface area contributed by atoms with Crippen molar-refractivity contribution in [1.82, 2.24) is 0 Å². The molecule has 1 radical (unpaired) electrons. The summed E-state index contributed by atoms with van der Waals surface area (Å²) in [5.41, 5.74) is 1.32. The fourth-order valence-electron chi connectivity index (χ4n) is 0.799. The molecule has 0 N–H and O–H groups in total. The molecule has 1 atom stereocenters. The van der Waals surface area contributed by atoms with E-state index in [2.05, 4.69) is 43.7 Å². The molecule has 1 aromatic rings. The van der Waals surface area contributed by atoms with Gasteiger partial charge in [0.2, 0.25) is 0 Å². The molecule has 0 spiro atoms. The van der Waals surface area contributed by atoms with Crippen LogP contribution < -0.4 is 0 Å². The molecule has 55 valence electrons. The van der Waals surface area contributed by atoms with E-state index in [1.807, 2.05) is 0 Å². The van der Waals surface area contributed by atoms with E-state index >= 15 is 0 Å². The highest BCUT2D eigenvalue weighted by atomic mass is 32.2. The number of aryl methyl sites for hydroxylation is 1. The van der Waals surface area contributed by atoms with Crippen molar-refractivity contribution >= 4 is 10.9 Å². The van der Waals surface area contributed by atoms with Crippen LogP contribution in [0.3, 0.4) is 0 Å². The molecule has 0 fully saturated rings. The standard InChI is InChI=1S/C9H13S/c1-8-4-6-9(7-5-8)10(2)3/h4-7,10H,2H2,1,3H3. The normalized spacial score (nSPS) is 11.3. The van der Waals surface area contributed by atoms with Crippen molar-refractivity contribution in [2.75, 3.05) is 6.26 Å². The van der Waals surface area contributed by atoms with Gasteiger partial charge in [-0.05, 0) is 24.3 Å². The minimum Gasteiger partial charge on any atom is -0.229 e. The molecular weight excluding hydrogens is 140 g/mol. The van der Waals surface area contributed by atoms with Crippen LogP contribution in [-0.4, -0.2) is 6.26 Å². The second-order valence-corrected chi connectivity index (χ2v) is 4.45. The van der Waals surface area contributed by atoms with Crippen LogP contribution in [0.1, 0.15) is 5.56 Å². The molecule has 0 aromatic heterocycles. The Labute approximate surface area is 65.6 Å². The van der Waals surface area contributed by atoms with E-state index in [1.165, 1.54) is 10.5 Å². The van der Waals surface area contributed by atoms with E-state index in [0.29, 0.717) is 0 Å². The molecule has 1 rings (SSSR count). The highest BCUT2D eigenvalue weighted by Crippen LogP contribution is 2.29. The first-order chi connectivity index (χ1) is 4.70. The van der Waals surface area contributed by atoms with Gasteiger partial charge in [0.05, 0.1) is 0 Å². The summed E-state index contributed by atoms with van der Waals surface area (Å²) in [5.74, 6) is 0. The first-order valence-corrected chi connectivity index (χ1v) is 5.28. The number of hydrogen-bond donors (Lipinski definition) is 1. The van der Waals surface area contributed by atoms with Crippen LogP contribution in [-0.2, 0) is 0 Å². The zero-order valence-electron chi connectivity index (χ0n) is 6.46. The minimum absolute atomic E-state index is 0.158. The largest absolute Gasteiger partial charge is 0.229 e. The first kappa shape index (κ1) is 7.67. The molecule has 0 nitrogen and oxygen atoms in total. The van der Waals surface area contributed by atoms with Gasteiger partial charge in [0.25, 0.3) is 0 Å². The lowest BCUT2D eigenvalue weighted by atomic mass is 10.2. The molecule has 10 heavy (non-hydrogen) atoms. The van der Waals surface area contributed by atoms with Gasteiger partial charge in [-0.3, -0.25) is 0 Å². The van der Waals surface area contributed by atoms with Crippen LogP contribution in [0, 0.1) is 13.2 Å². The summed E-state index contributed by atoms with van der Waals surface area (Å²) in [5, 5.41) is 0. The number of hydrogen-bond acceptors (Lipinski definition) is 0. The predicted molar refractivity (Wildman–Crippen MR) is 49.7 cm³/mol. The van der Waals surface area contributed by atoms with Gasteiger partial charge >= 0.3 is 0 Å². The fourth-order valence-corrected chi connectivity index (χ4v) is 1.46. The predicted octanol–water partition coefficient (Wildman–Crippen LogP) is 2.78. The van der Waals surface area contributed by atoms with Gasteiger partial charge in [0.1, 0.15) is 0 Å². The lowest BCUT2D eigenvalue weighted by molar-refractivity contribution is 1.38. The van der Waals surface area contributed by atoms with Crippen LogP contribution in [0.15, 0.2) is 29.2 Å². The number of rotatable bonds is 1. The van der Waals surface area contributed by atoms with E-state index in [0.717, 1.165) is 0 Å². The average Bonchev–Trinajstić information content (AvgIpc) is 1.88. The smallest absolute Gasteiger partial charge is 0.0127 e. The lowest BCUT2D eigenvalue weighted by Gasteiger charge is -2.08. The molecule has 1 aromatic carbocycles. The van der Waals surface area contributed by atoms with Gasteiger partial charge in [-0.25, -0.2) is 10.9 Å². The molecule has 0 amide bonds. The molecule has 0 saturated heterocycles. The van der Waals surface area contributed by atoms with E-state index in [9.17, 15) is 0 Å². The van der Waals surface area contributed by atoms with Crippen LogP contribution in [0.2, 0.25) is 0 Å². The molecule has 0 heterocycles. The molecule has 0 bridgehead atoms. The second-order valence-electron chi connectivity index (χ2n) is 2.53. The molecular formula is C9H13S. The molecule has 1 unspecified atom stereocenters. The zero-order chi connectivity index (χ0) is 7.56. The third kappa shape index (κ3) is 1.77. The Bertz CT molecular complexity index is 198. The van der Waals surface area contributed by atoms with Crippen molar-refractivity contribution in [3.8, 4) is 0 Å². The maximum absolute atomic E-state index is 4.00. The van der Waals surface area contributed by atoms with Gasteiger partial charge < -0.3 is 0 Å². The van der Waals surface area contributed by atoms with Crippen molar-refractivity contribution in [3.05, 3.63) is 36.1 Å². The van der Waals surface area contributed by atoms with E-state index in [1.54, 1.807) is 0 Å². The summed E-state index contributed by atoms with van der Waals surface area (Å²) in [4.78, 5) is 1.38. The van der Waals surface area contributed by atoms with Gasteiger partial charge in [0.15, 0.2) is 0 Å². The number of benzene rings is 1. The molecule has 0 aliphatic heterocycles. The molecule has 0 saturated carbocycles. The third-order valence-corrected chi connectivity index (χ3v) is 2.65. The Hall–Kier alpha value is -0.430. The molecule has 1 heteroatoms. The van der Waals surface area contributed by atoms with Crippen molar-refractivity contribution < 1.29 is 0 Å². The number of thiol groups is 1. The van der Waals surface area contributed by atoms with Crippen molar-refractivity contribution in [3.63, 3.8) is 0 Å². The van der Waals surface area contributed by atoms with Gasteiger partial charge in [0, 0.05) is 0 Å². The average molecular weight is 153 g/mol. The van der Waals surface area contributed by atoms with Crippen molar-refractivity contribution in [2.24, 2.45) is 0 Å². The summed E-state index contributed by atoms with van der Waals surface area (Å²) in [6.45, 7) is 2.10. The topological polar surface area (TPSA) is 0 Å². The van der Waals surface area contributed by atoms with E-state index in [4.69, 9.17) is 0 Å². The quantitative estimate of drug-likeness (QED) is 0.589. The second kappa shape index (κ2) is 3.11. The van der Waals surface area contributed by atoms with E-state index in [-0.39, 0.29) is 10.9 Å². The van der Waals surface area contributed by atoms with Crippen molar-refractivity contribution in [2.45, 2.75) is 11.8 Å². The Balaban J connectivity index is 2.89. The lowest BCUT2D eigenvalue weighted by Crippen LogP contribution is -1.75. The molecule has 0 aliphatic carbocycles. The summed E-state index contributed by atoms with van der Waals surface area (Å²) >= 11 is 0. The summed E-state index contributed by atoms with van der Waals surface area (Å²) < 4.78 is 0. The fraction of sp³-hybridized carbons (Fsp3) is 0.222.